The lowest BCUT2D eigenvalue weighted by Gasteiger charge is -2.26. The van der Waals surface area contributed by atoms with Gasteiger partial charge in [-0.05, 0) is 37.8 Å². The van der Waals surface area contributed by atoms with Gasteiger partial charge in [-0.1, -0.05) is 0 Å². The smallest absolute Gasteiger partial charge is 0.239 e. The molecule has 1 atom stereocenters. The minimum atomic E-state index is -0.562. The summed E-state index contributed by atoms with van der Waals surface area (Å²) in [5, 5.41) is 2.92. The molecule has 1 aromatic rings. The quantitative estimate of drug-likeness (QED) is 0.849. The van der Waals surface area contributed by atoms with E-state index in [-0.39, 0.29) is 11.2 Å². The van der Waals surface area contributed by atoms with Crippen molar-refractivity contribution in [3.63, 3.8) is 0 Å². The molecule has 0 spiro atoms. The first kappa shape index (κ1) is 13.8. The lowest BCUT2D eigenvalue weighted by Crippen LogP contribution is -2.34. The van der Waals surface area contributed by atoms with E-state index in [4.69, 9.17) is 17.3 Å². The Balaban J connectivity index is 2.16. The third-order valence-corrected chi connectivity index (χ3v) is 3.18. The topological polar surface area (TPSA) is 97.0 Å². The normalized spacial score (nSPS) is 17.1. The highest BCUT2D eigenvalue weighted by Crippen LogP contribution is 2.18. The van der Waals surface area contributed by atoms with Crippen molar-refractivity contribution < 1.29 is 4.79 Å². The third-order valence-electron chi connectivity index (χ3n) is 3.01. The summed E-state index contributed by atoms with van der Waals surface area (Å²) in [6.07, 6.45) is 3.45. The van der Waals surface area contributed by atoms with Crippen LogP contribution in [0.15, 0.2) is 0 Å². The van der Waals surface area contributed by atoms with Gasteiger partial charge in [-0.15, -0.1) is 0 Å². The first-order valence-corrected chi connectivity index (χ1v) is 6.66. The van der Waals surface area contributed by atoms with E-state index in [0.717, 1.165) is 25.9 Å². The summed E-state index contributed by atoms with van der Waals surface area (Å²) in [5.41, 5.74) is 5.19. The summed E-state index contributed by atoms with van der Waals surface area (Å²) in [4.78, 5) is 25.4. The molecule has 7 nitrogen and oxygen atoms in total. The molecule has 0 radical (unpaired) electrons. The van der Waals surface area contributed by atoms with Crippen molar-refractivity contribution in [1.29, 1.82) is 0 Å². The Labute approximate surface area is 116 Å². The number of halogens is 1. The summed E-state index contributed by atoms with van der Waals surface area (Å²) >= 11 is 5.89. The number of nitrogens with zero attached hydrogens (tertiary/aromatic N) is 4. The summed E-state index contributed by atoms with van der Waals surface area (Å²) in [5.74, 6) is 0.335. The van der Waals surface area contributed by atoms with Crippen molar-refractivity contribution in [2.45, 2.75) is 32.2 Å². The number of carbonyl (C=O) groups is 1. The van der Waals surface area contributed by atoms with Gasteiger partial charge >= 0.3 is 0 Å². The van der Waals surface area contributed by atoms with Gasteiger partial charge in [-0.25, -0.2) is 0 Å². The van der Waals surface area contributed by atoms with Gasteiger partial charge in [0.05, 0.1) is 0 Å². The molecule has 2 heterocycles. The van der Waals surface area contributed by atoms with Crippen LogP contribution in [0, 0.1) is 0 Å². The second-order valence-corrected chi connectivity index (χ2v) is 4.88. The van der Waals surface area contributed by atoms with Gasteiger partial charge < -0.3 is 16.0 Å². The molecule has 0 bridgehead atoms. The molecule has 1 unspecified atom stereocenters. The van der Waals surface area contributed by atoms with Gasteiger partial charge in [-0.3, -0.25) is 4.79 Å². The monoisotopic (exact) mass is 284 g/mol. The molecule has 2 rings (SSSR count). The molecular weight excluding hydrogens is 268 g/mol. The Hall–Kier alpha value is -1.63. The van der Waals surface area contributed by atoms with Gasteiger partial charge in [-0.2, -0.15) is 15.0 Å². The standard InChI is InChI=1S/C11H17ClN6O/c1-7(8(13)19)14-10-15-9(12)16-11(17-10)18-5-3-2-4-6-18/h7H,2-6H2,1H3,(H2,13,19)(H,14,15,16,17). The van der Waals surface area contributed by atoms with E-state index in [1.54, 1.807) is 6.92 Å². The maximum Gasteiger partial charge on any atom is 0.239 e. The van der Waals surface area contributed by atoms with Crippen LogP contribution in [0.1, 0.15) is 26.2 Å². The number of nitrogens with one attached hydrogen (secondary N) is 1. The van der Waals surface area contributed by atoms with Crippen molar-refractivity contribution in [2.75, 3.05) is 23.3 Å². The average molecular weight is 285 g/mol. The molecule has 19 heavy (non-hydrogen) atoms. The number of amides is 1. The Morgan fingerprint density at radius 1 is 1.32 bits per heavy atom. The molecule has 1 fully saturated rings. The molecule has 1 aromatic heterocycles. The first-order valence-electron chi connectivity index (χ1n) is 6.28. The minimum absolute atomic E-state index is 0.106. The highest BCUT2D eigenvalue weighted by molar-refractivity contribution is 6.28. The molecule has 0 aliphatic carbocycles. The van der Waals surface area contributed by atoms with Crippen LogP contribution in [-0.4, -0.2) is 40.0 Å². The zero-order valence-corrected chi connectivity index (χ0v) is 11.5. The fraction of sp³-hybridized carbons (Fsp3) is 0.636. The van der Waals surface area contributed by atoms with Gasteiger partial charge in [0, 0.05) is 13.1 Å². The molecule has 0 aromatic carbocycles. The Morgan fingerprint density at radius 3 is 2.63 bits per heavy atom. The molecule has 1 aliphatic heterocycles. The number of anilines is 2. The molecule has 1 amide bonds. The van der Waals surface area contributed by atoms with Crippen LogP contribution in [0.2, 0.25) is 5.28 Å². The SMILES string of the molecule is CC(Nc1nc(Cl)nc(N2CCCCC2)n1)C(N)=O. The van der Waals surface area contributed by atoms with Crippen LogP contribution < -0.4 is 16.0 Å². The van der Waals surface area contributed by atoms with Gasteiger partial charge in [0.25, 0.3) is 0 Å². The first-order chi connectivity index (χ1) is 9.06. The molecule has 3 N–H and O–H groups in total. The molecule has 1 saturated heterocycles. The Kier molecular flexibility index (Phi) is 4.36. The highest BCUT2D eigenvalue weighted by atomic mass is 35.5. The van der Waals surface area contributed by atoms with Crippen molar-refractivity contribution in [2.24, 2.45) is 5.73 Å². The third kappa shape index (κ3) is 3.66. The Bertz CT molecular complexity index is 462. The number of rotatable bonds is 4. The van der Waals surface area contributed by atoms with Crippen LogP contribution in [-0.2, 0) is 4.79 Å². The number of aromatic nitrogens is 3. The van der Waals surface area contributed by atoms with E-state index in [0.29, 0.717) is 5.95 Å². The van der Waals surface area contributed by atoms with Crippen molar-refractivity contribution in [3.8, 4) is 0 Å². The van der Waals surface area contributed by atoms with E-state index in [1.807, 2.05) is 0 Å². The number of piperidine rings is 1. The average Bonchev–Trinajstić information content (AvgIpc) is 2.39. The maximum atomic E-state index is 11.0. The van der Waals surface area contributed by atoms with Crippen LogP contribution in [0.4, 0.5) is 11.9 Å². The molecule has 1 aliphatic rings. The fourth-order valence-corrected chi connectivity index (χ4v) is 2.06. The largest absolute Gasteiger partial charge is 0.368 e. The lowest BCUT2D eigenvalue weighted by atomic mass is 10.1. The fourth-order valence-electron chi connectivity index (χ4n) is 1.90. The predicted octanol–water partition coefficient (Wildman–Crippen LogP) is 0.801. The van der Waals surface area contributed by atoms with Crippen LogP contribution in [0.3, 0.4) is 0 Å². The number of primary amides is 1. The van der Waals surface area contributed by atoms with E-state index in [1.165, 1.54) is 6.42 Å². The van der Waals surface area contributed by atoms with Gasteiger partial charge in [0.2, 0.25) is 23.1 Å². The maximum absolute atomic E-state index is 11.0. The molecular formula is C11H17ClN6O. The van der Waals surface area contributed by atoms with E-state index in [9.17, 15) is 4.79 Å². The Morgan fingerprint density at radius 2 is 2.00 bits per heavy atom. The summed E-state index contributed by atoms with van der Waals surface area (Å²) < 4.78 is 0. The van der Waals surface area contributed by atoms with E-state index < -0.39 is 11.9 Å². The van der Waals surface area contributed by atoms with E-state index in [2.05, 4.69) is 25.2 Å². The molecule has 0 saturated carbocycles. The predicted molar refractivity (Wildman–Crippen MR) is 73.2 cm³/mol. The zero-order chi connectivity index (χ0) is 13.8. The van der Waals surface area contributed by atoms with Gasteiger partial charge in [0.1, 0.15) is 6.04 Å². The summed E-state index contributed by atoms with van der Waals surface area (Å²) in [6.45, 7) is 3.46. The minimum Gasteiger partial charge on any atom is -0.368 e. The van der Waals surface area contributed by atoms with Crippen LogP contribution in [0.5, 0.6) is 0 Å². The van der Waals surface area contributed by atoms with Crippen molar-refractivity contribution in [3.05, 3.63) is 5.28 Å². The van der Waals surface area contributed by atoms with E-state index >= 15 is 0 Å². The molecule has 104 valence electrons. The van der Waals surface area contributed by atoms with Crippen molar-refractivity contribution in [1.82, 2.24) is 15.0 Å². The number of nitrogens with two attached hydrogens (primary N) is 1. The number of hydrogen-bond donors (Lipinski definition) is 2. The summed E-state index contributed by atoms with van der Waals surface area (Å²) in [7, 11) is 0. The lowest BCUT2D eigenvalue weighted by molar-refractivity contribution is -0.118. The van der Waals surface area contributed by atoms with Crippen LogP contribution >= 0.6 is 11.6 Å². The number of carbonyl (C=O) groups excluding carboxylic acids is 1. The number of hydrogen-bond acceptors (Lipinski definition) is 6. The molecule has 8 heteroatoms. The second kappa shape index (κ2) is 6.01. The highest BCUT2D eigenvalue weighted by Gasteiger charge is 2.17. The van der Waals surface area contributed by atoms with Crippen LogP contribution in [0.25, 0.3) is 0 Å². The summed E-state index contributed by atoms with van der Waals surface area (Å²) in [6, 6.07) is -0.562. The van der Waals surface area contributed by atoms with Gasteiger partial charge in [0.15, 0.2) is 0 Å². The second-order valence-electron chi connectivity index (χ2n) is 4.54. The zero-order valence-electron chi connectivity index (χ0n) is 10.8. The van der Waals surface area contributed by atoms with Crippen molar-refractivity contribution >= 4 is 29.4 Å².